The van der Waals surface area contributed by atoms with E-state index in [0.717, 1.165) is 28.8 Å². The first-order chi connectivity index (χ1) is 14.6. The zero-order chi connectivity index (χ0) is 20.9. The Morgan fingerprint density at radius 2 is 2.03 bits per heavy atom. The van der Waals surface area contributed by atoms with Crippen LogP contribution in [-0.2, 0) is 22.6 Å². The quantitative estimate of drug-likeness (QED) is 0.682. The number of aryl methyl sites for hydroxylation is 1. The number of amides is 2. The molecule has 0 saturated carbocycles. The molecular weight excluding hydrogens is 380 g/mol. The van der Waals surface area contributed by atoms with Gasteiger partial charge in [0.2, 0.25) is 11.8 Å². The number of likely N-dealkylation sites (tertiary alicyclic amines) is 1. The number of carbonyl (C=O) groups is 2. The summed E-state index contributed by atoms with van der Waals surface area (Å²) >= 11 is 0. The zero-order valence-electron chi connectivity index (χ0n) is 16.9. The molecule has 1 fully saturated rings. The van der Waals surface area contributed by atoms with Crippen LogP contribution in [0.4, 0.5) is 0 Å². The SMILES string of the molecule is Cc1cc(CC(=O)N2CCCC2C(=O)NCc2ccc(-c3cccnc3)cc2)on1. The van der Waals surface area contributed by atoms with Crippen LogP contribution in [-0.4, -0.2) is 39.4 Å². The third-order valence-electron chi connectivity index (χ3n) is 5.29. The summed E-state index contributed by atoms with van der Waals surface area (Å²) < 4.78 is 5.14. The van der Waals surface area contributed by atoms with E-state index in [9.17, 15) is 9.59 Å². The van der Waals surface area contributed by atoms with Gasteiger partial charge in [0.05, 0.1) is 12.1 Å². The largest absolute Gasteiger partial charge is 0.361 e. The molecule has 1 saturated heterocycles. The van der Waals surface area contributed by atoms with E-state index in [-0.39, 0.29) is 18.2 Å². The number of benzene rings is 1. The number of pyridine rings is 1. The predicted molar refractivity (Wildman–Crippen MR) is 111 cm³/mol. The van der Waals surface area contributed by atoms with Crippen LogP contribution in [0.15, 0.2) is 59.4 Å². The van der Waals surface area contributed by atoms with Crippen molar-refractivity contribution in [1.29, 1.82) is 0 Å². The average molecular weight is 404 g/mol. The fourth-order valence-electron chi connectivity index (χ4n) is 3.74. The Morgan fingerprint density at radius 1 is 1.20 bits per heavy atom. The van der Waals surface area contributed by atoms with Crippen LogP contribution in [0, 0.1) is 6.92 Å². The van der Waals surface area contributed by atoms with Crippen molar-refractivity contribution < 1.29 is 14.1 Å². The number of hydrogen-bond donors (Lipinski definition) is 1. The Balaban J connectivity index is 1.33. The average Bonchev–Trinajstić information content (AvgIpc) is 3.42. The predicted octanol–water partition coefficient (Wildman–Crippen LogP) is 2.89. The van der Waals surface area contributed by atoms with Gasteiger partial charge in [-0.25, -0.2) is 0 Å². The van der Waals surface area contributed by atoms with Gasteiger partial charge in [-0.3, -0.25) is 14.6 Å². The summed E-state index contributed by atoms with van der Waals surface area (Å²) in [6, 6.07) is 13.2. The van der Waals surface area contributed by atoms with Crippen LogP contribution >= 0.6 is 0 Å². The molecule has 3 aromatic rings. The van der Waals surface area contributed by atoms with Crippen LogP contribution in [0.1, 0.15) is 29.9 Å². The first-order valence-electron chi connectivity index (χ1n) is 10.1. The van der Waals surface area contributed by atoms with Crippen molar-refractivity contribution >= 4 is 11.8 Å². The second-order valence-corrected chi connectivity index (χ2v) is 7.51. The molecule has 7 heteroatoms. The normalized spacial score (nSPS) is 15.9. The number of nitrogens with one attached hydrogen (secondary N) is 1. The lowest BCUT2D eigenvalue weighted by Gasteiger charge is -2.23. The van der Waals surface area contributed by atoms with Crippen molar-refractivity contribution in [2.24, 2.45) is 0 Å². The summed E-state index contributed by atoms with van der Waals surface area (Å²) in [7, 11) is 0. The molecule has 2 amide bonds. The van der Waals surface area contributed by atoms with Crippen molar-refractivity contribution in [2.75, 3.05) is 6.54 Å². The molecule has 2 aromatic heterocycles. The molecule has 0 radical (unpaired) electrons. The van der Waals surface area contributed by atoms with E-state index < -0.39 is 6.04 Å². The fraction of sp³-hybridized carbons (Fsp3) is 0.304. The van der Waals surface area contributed by atoms with Gasteiger partial charge in [-0.05, 0) is 42.5 Å². The number of hydrogen-bond acceptors (Lipinski definition) is 5. The fourth-order valence-corrected chi connectivity index (χ4v) is 3.74. The van der Waals surface area contributed by atoms with Crippen LogP contribution in [0.5, 0.6) is 0 Å². The lowest BCUT2D eigenvalue weighted by atomic mass is 10.1. The number of nitrogens with zero attached hydrogens (tertiary/aromatic N) is 3. The van der Waals surface area contributed by atoms with Gasteiger partial charge in [0.15, 0.2) is 0 Å². The van der Waals surface area contributed by atoms with E-state index in [0.29, 0.717) is 25.3 Å². The molecule has 1 aromatic carbocycles. The second kappa shape index (κ2) is 8.90. The van der Waals surface area contributed by atoms with Crippen LogP contribution in [0.3, 0.4) is 0 Å². The summed E-state index contributed by atoms with van der Waals surface area (Å²) in [5, 5.41) is 6.78. The van der Waals surface area contributed by atoms with Crippen molar-refractivity contribution in [1.82, 2.24) is 20.4 Å². The molecule has 1 N–H and O–H groups in total. The van der Waals surface area contributed by atoms with Crippen LogP contribution in [0.2, 0.25) is 0 Å². The minimum absolute atomic E-state index is 0.107. The molecule has 1 aliphatic heterocycles. The molecular formula is C23H24N4O3. The smallest absolute Gasteiger partial charge is 0.243 e. The number of aromatic nitrogens is 2. The minimum atomic E-state index is -0.434. The zero-order valence-corrected chi connectivity index (χ0v) is 16.9. The van der Waals surface area contributed by atoms with Crippen molar-refractivity contribution in [2.45, 2.75) is 38.8 Å². The van der Waals surface area contributed by atoms with Crippen molar-refractivity contribution in [3.8, 4) is 11.1 Å². The molecule has 1 unspecified atom stereocenters. The van der Waals surface area contributed by atoms with Gasteiger partial charge in [0.1, 0.15) is 11.8 Å². The summed E-state index contributed by atoms with van der Waals surface area (Å²) in [4.78, 5) is 31.2. The van der Waals surface area contributed by atoms with Gasteiger partial charge in [-0.1, -0.05) is 35.5 Å². The molecule has 0 spiro atoms. The Kier molecular flexibility index (Phi) is 5.88. The maximum atomic E-state index is 12.7. The summed E-state index contributed by atoms with van der Waals surface area (Å²) in [5.74, 6) is 0.299. The van der Waals surface area contributed by atoms with Gasteiger partial charge in [-0.15, -0.1) is 0 Å². The topological polar surface area (TPSA) is 88.3 Å². The first-order valence-corrected chi connectivity index (χ1v) is 10.1. The minimum Gasteiger partial charge on any atom is -0.361 e. The lowest BCUT2D eigenvalue weighted by Crippen LogP contribution is -2.46. The Hall–Kier alpha value is -3.48. The van der Waals surface area contributed by atoms with E-state index in [4.69, 9.17) is 4.52 Å². The summed E-state index contributed by atoms with van der Waals surface area (Å²) in [5.41, 5.74) is 3.87. The molecule has 0 bridgehead atoms. The van der Waals surface area contributed by atoms with Crippen molar-refractivity contribution in [3.05, 3.63) is 71.9 Å². The van der Waals surface area contributed by atoms with Crippen LogP contribution < -0.4 is 5.32 Å². The van der Waals surface area contributed by atoms with E-state index in [1.54, 1.807) is 17.2 Å². The van der Waals surface area contributed by atoms with Crippen molar-refractivity contribution in [3.63, 3.8) is 0 Å². The highest BCUT2D eigenvalue weighted by molar-refractivity contribution is 5.88. The third-order valence-corrected chi connectivity index (χ3v) is 5.29. The first kappa shape index (κ1) is 19.8. The Labute approximate surface area is 175 Å². The summed E-state index contributed by atoms with van der Waals surface area (Å²) in [6.45, 7) is 2.82. The Morgan fingerprint density at radius 3 is 2.73 bits per heavy atom. The highest BCUT2D eigenvalue weighted by Crippen LogP contribution is 2.20. The molecule has 1 aliphatic rings. The second-order valence-electron chi connectivity index (χ2n) is 7.51. The molecule has 154 valence electrons. The molecule has 1 atom stereocenters. The molecule has 4 rings (SSSR count). The Bertz CT molecular complexity index is 1010. The molecule has 30 heavy (non-hydrogen) atoms. The van der Waals surface area contributed by atoms with Gasteiger partial charge in [0, 0.05) is 31.5 Å². The number of carbonyl (C=O) groups excluding carboxylic acids is 2. The third kappa shape index (κ3) is 4.56. The van der Waals surface area contributed by atoms with E-state index in [1.807, 2.05) is 49.5 Å². The van der Waals surface area contributed by atoms with Gasteiger partial charge in [-0.2, -0.15) is 0 Å². The van der Waals surface area contributed by atoms with Gasteiger partial charge >= 0.3 is 0 Å². The van der Waals surface area contributed by atoms with Gasteiger partial charge in [0.25, 0.3) is 0 Å². The highest BCUT2D eigenvalue weighted by Gasteiger charge is 2.34. The van der Waals surface area contributed by atoms with E-state index in [2.05, 4.69) is 15.5 Å². The lowest BCUT2D eigenvalue weighted by molar-refractivity contribution is -0.138. The molecule has 0 aliphatic carbocycles. The van der Waals surface area contributed by atoms with Gasteiger partial charge < -0.3 is 14.7 Å². The monoisotopic (exact) mass is 404 g/mol. The van der Waals surface area contributed by atoms with E-state index in [1.165, 1.54) is 0 Å². The summed E-state index contributed by atoms with van der Waals surface area (Å²) in [6.07, 6.45) is 5.19. The standard InChI is InChI=1S/C23H24N4O3/c1-16-12-20(30-26-16)13-22(28)27-11-3-5-21(27)23(29)25-14-17-6-8-18(9-7-17)19-4-2-10-24-15-19/h2,4,6-10,12,15,21H,3,5,11,13-14H2,1H3,(H,25,29). The maximum Gasteiger partial charge on any atom is 0.243 e. The highest BCUT2D eigenvalue weighted by atomic mass is 16.5. The maximum absolute atomic E-state index is 12.7. The number of rotatable bonds is 6. The van der Waals surface area contributed by atoms with Crippen LogP contribution in [0.25, 0.3) is 11.1 Å². The molecule has 3 heterocycles. The van der Waals surface area contributed by atoms with E-state index >= 15 is 0 Å². The molecule has 7 nitrogen and oxygen atoms in total.